The number of guanidine groups is 1. The average Bonchev–Trinajstić information content (AvgIpc) is 2.75. The van der Waals surface area contributed by atoms with E-state index in [1.54, 1.807) is 11.9 Å². The van der Waals surface area contributed by atoms with E-state index in [1.165, 1.54) is 23.9 Å². The van der Waals surface area contributed by atoms with Gasteiger partial charge in [-0.1, -0.05) is 24.3 Å². The second-order valence-electron chi connectivity index (χ2n) is 7.81. The molecule has 0 saturated carbocycles. The van der Waals surface area contributed by atoms with Crippen LogP contribution in [-0.2, 0) is 0 Å². The van der Waals surface area contributed by atoms with Crippen LogP contribution in [0.5, 0.6) is 0 Å². The summed E-state index contributed by atoms with van der Waals surface area (Å²) in [6, 6.07) is 14.2. The molecular formula is C23H31F2N5. The minimum atomic E-state index is -0.535. The van der Waals surface area contributed by atoms with E-state index in [0.717, 1.165) is 25.9 Å². The zero-order valence-electron chi connectivity index (χ0n) is 17.9. The first-order chi connectivity index (χ1) is 14.5. The Kier molecular flexibility index (Phi) is 7.63. The van der Waals surface area contributed by atoms with Crippen molar-refractivity contribution in [3.05, 3.63) is 65.7 Å². The van der Waals surface area contributed by atoms with Crippen LogP contribution in [0.15, 0.2) is 53.5 Å². The summed E-state index contributed by atoms with van der Waals surface area (Å²) in [5.74, 6) is -0.421. The molecule has 1 unspecified atom stereocenters. The van der Waals surface area contributed by atoms with Crippen molar-refractivity contribution in [2.75, 3.05) is 45.7 Å². The predicted octanol–water partition coefficient (Wildman–Crippen LogP) is 3.40. The van der Waals surface area contributed by atoms with Crippen LogP contribution in [0.3, 0.4) is 0 Å². The van der Waals surface area contributed by atoms with Crippen molar-refractivity contribution < 1.29 is 8.78 Å². The van der Waals surface area contributed by atoms with Gasteiger partial charge in [-0.05, 0) is 51.2 Å². The van der Waals surface area contributed by atoms with Crippen molar-refractivity contribution in [2.24, 2.45) is 4.99 Å². The fourth-order valence-corrected chi connectivity index (χ4v) is 3.87. The second kappa shape index (κ2) is 10.4. The number of rotatable bonds is 6. The van der Waals surface area contributed by atoms with Gasteiger partial charge in [-0.15, -0.1) is 0 Å². The van der Waals surface area contributed by atoms with E-state index < -0.39 is 17.7 Å². The fraction of sp³-hybridized carbons (Fsp3) is 0.435. The molecule has 162 valence electrons. The maximum Gasteiger partial charge on any atom is 0.191 e. The molecule has 1 atom stereocenters. The number of para-hydroxylation sites is 1. The van der Waals surface area contributed by atoms with Crippen molar-refractivity contribution in [2.45, 2.75) is 24.9 Å². The molecule has 1 saturated heterocycles. The number of benzene rings is 2. The maximum atomic E-state index is 14.3. The molecule has 2 aromatic carbocycles. The molecule has 2 aromatic rings. The van der Waals surface area contributed by atoms with Crippen LogP contribution in [0, 0.1) is 11.6 Å². The largest absolute Gasteiger partial charge is 0.371 e. The summed E-state index contributed by atoms with van der Waals surface area (Å²) in [6.45, 7) is 2.28. The minimum absolute atomic E-state index is 0.0709. The van der Waals surface area contributed by atoms with E-state index in [-0.39, 0.29) is 5.56 Å². The summed E-state index contributed by atoms with van der Waals surface area (Å²) in [6.07, 6.45) is 1.99. The summed E-state index contributed by atoms with van der Waals surface area (Å²) >= 11 is 0. The fourth-order valence-electron chi connectivity index (χ4n) is 3.87. The van der Waals surface area contributed by atoms with Crippen LogP contribution in [-0.4, -0.2) is 57.7 Å². The molecule has 1 aliphatic rings. The van der Waals surface area contributed by atoms with E-state index in [1.807, 2.05) is 20.2 Å². The van der Waals surface area contributed by atoms with Gasteiger partial charge in [0.05, 0.1) is 6.04 Å². The Balaban J connectivity index is 1.55. The first kappa shape index (κ1) is 22.0. The molecule has 0 radical (unpaired) electrons. The quantitative estimate of drug-likeness (QED) is 0.561. The molecule has 5 nitrogen and oxygen atoms in total. The highest BCUT2D eigenvalue weighted by molar-refractivity contribution is 5.80. The highest BCUT2D eigenvalue weighted by Crippen LogP contribution is 2.24. The highest BCUT2D eigenvalue weighted by Gasteiger charge is 2.24. The summed E-state index contributed by atoms with van der Waals surface area (Å²) < 4.78 is 28.5. The lowest BCUT2D eigenvalue weighted by atomic mass is 10.0. The molecule has 1 heterocycles. The van der Waals surface area contributed by atoms with Crippen LogP contribution in [0.4, 0.5) is 14.5 Å². The van der Waals surface area contributed by atoms with Gasteiger partial charge in [-0.2, -0.15) is 0 Å². The van der Waals surface area contributed by atoms with Gasteiger partial charge in [0.2, 0.25) is 0 Å². The summed E-state index contributed by atoms with van der Waals surface area (Å²) in [7, 11) is 5.34. The molecule has 0 spiro atoms. The summed E-state index contributed by atoms with van der Waals surface area (Å²) in [5, 5.41) is 6.70. The molecule has 2 N–H and O–H groups in total. The lowest BCUT2D eigenvalue weighted by molar-refractivity contribution is 0.282. The van der Waals surface area contributed by atoms with Crippen molar-refractivity contribution in [1.82, 2.24) is 15.5 Å². The number of hydrogen-bond acceptors (Lipinski definition) is 3. The Morgan fingerprint density at radius 3 is 2.27 bits per heavy atom. The highest BCUT2D eigenvalue weighted by atomic mass is 19.1. The first-order valence-electron chi connectivity index (χ1n) is 10.4. The Bertz CT molecular complexity index is 812. The Hall–Kier alpha value is -2.67. The van der Waals surface area contributed by atoms with Gasteiger partial charge in [-0.25, -0.2) is 8.78 Å². The van der Waals surface area contributed by atoms with Crippen LogP contribution >= 0.6 is 0 Å². The van der Waals surface area contributed by atoms with Crippen LogP contribution in [0.25, 0.3) is 0 Å². The lowest BCUT2D eigenvalue weighted by Gasteiger charge is -2.35. The number of halogens is 2. The molecule has 0 amide bonds. The molecular weight excluding hydrogens is 384 g/mol. The Labute approximate surface area is 177 Å². The van der Waals surface area contributed by atoms with Crippen molar-refractivity contribution in [1.29, 1.82) is 0 Å². The van der Waals surface area contributed by atoms with Crippen molar-refractivity contribution in [3.8, 4) is 0 Å². The van der Waals surface area contributed by atoms with Gasteiger partial charge in [-0.3, -0.25) is 4.99 Å². The minimum Gasteiger partial charge on any atom is -0.371 e. The molecule has 0 aliphatic carbocycles. The smallest absolute Gasteiger partial charge is 0.191 e. The Morgan fingerprint density at radius 1 is 1.07 bits per heavy atom. The van der Waals surface area contributed by atoms with Crippen molar-refractivity contribution >= 4 is 11.6 Å². The van der Waals surface area contributed by atoms with E-state index in [0.29, 0.717) is 18.5 Å². The van der Waals surface area contributed by atoms with E-state index >= 15 is 0 Å². The van der Waals surface area contributed by atoms with Gasteiger partial charge >= 0.3 is 0 Å². The number of piperidine rings is 1. The number of anilines is 1. The monoisotopic (exact) mass is 415 g/mol. The molecule has 7 heteroatoms. The molecule has 30 heavy (non-hydrogen) atoms. The number of hydrogen-bond donors (Lipinski definition) is 2. The third-order valence-corrected chi connectivity index (χ3v) is 5.60. The predicted molar refractivity (Wildman–Crippen MR) is 119 cm³/mol. The lowest BCUT2D eigenvalue weighted by Crippen LogP contribution is -2.50. The van der Waals surface area contributed by atoms with Crippen LogP contribution in [0.2, 0.25) is 0 Å². The number of aliphatic imine (C=N–C) groups is 1. The third-order valence-electron chi connectivity index (χ3n) is 5.60. The van der Waals surface area contributed by atoms with Gasteiger partial charge in [0.15, 0.2) is 5.96 Å². The van der Waals surface area contributed by atoms with Gasteiger partial charge in [0.1, 0.15) is 11.6 Å². The van der Waals surface area contributed by atoms with Gasteiger partial charge < -0.3 is 20.4 Å². The van der Waals surface area contributed by atoms with Gasteiger partial charge in [0.25, 0.3) is 0 Å². The molecule has 0 bridgehead atoms. The number of nitrogens with zero attached hydrogens (tertiary/aromatic N) is 3. The first-order valence-corrected chi connectivity index (χ1v) is 10.4. The zero-order chi connectivity index (χ0) is 21.5. The second-order valence-corrected chi connectivity index (χ2v) is 7.81. The zero-order valence-corrected chi connectivity index (χ0v) is 17.9. The normalized spacial score (nSPS) is 16.6. The third kappa shape index (κ3) is 5.48. The number of likely N-dealkylation sites (N-methyl/N-ethyl adjacent to an activating group) is 1. The SMILES string of the molecule is CN=C(NCC(c1c(F)cccc1F)N(C)C)NC1CCN(c2ccccc2)CC1. The number of nitrogens with one attached hydrogen (secondary N) is 2. The summed E-state index contributed by atoms with van der Waals surface area (Å²) in [5.41, 5.74) is 1.32. The topological polar surface area (TPSA) is 42.9 Å². The standard InChI is InChI=1S/C23H31F2N5/c1-26-23(27-16-21(29(2)3)22-19(24)10-7-11-20(22)25)28-17-12-14-30(15-13-17)18-8-5-4-6-9-18/h4-11,17,21H,12-16H2,1-3H3,(H2,26,27,28). The summed E-state index contributed by atoms with van der Waals surface area (Å²) in [4.78, 5) is 8.50. The molecule has 1 fully saturated rings. The van der Waals surface area contributed by atoms with Crippen LogP contribution in [0.1, 0.15) is 24.4 Å². The Morgan fingerprint density at radius 2 is 1.70 bits per heavy atom. The van der Waals surface area contributed by atoms with E-state index in [9.17, 15) is 8.78 Å². The van der Waals surface area contributed by atoms with Crippen molar-refractivity contribution in [3.63, 3.8) is 0 Å². The van der Waals surface area contributed by atoms with Crippen LogP contribution < -0.4 is 15.5 Å². The molecule has 1 aliphatic heterocycles. The molecule has 3 rings (SSSR count). The maximum absolute atomic E-state index is 14.3. The average molecular weight is 416 g/mol. The van der Waals surface area contributed by atoms with Gasteiger partial charge in [0, 0.05) is 44.0 Å². The van der Waals surface area contributed by atoms with E-state index in [4.69, 9.17) is 0 Å². The van der Waals surface area contributed by atoms with E-state index in [2.05, 4.69) is 44.8 Å². The molecule has 0 aromatic heterocycles.